The molecule has 0 aromatic carbocycles. The van der Waals surface area contributed by atoms with Gasteiger partial charge in [-0.2, -0.15) is 0 Å². The summed E-state index contributed by atoms with van der Waals surface area (Å²) in [6.45, 7) is 6.51. The molecule has 2 unspecified atom stereocenters. The lowest BCUT2D eigenvalue weighted by Gasteiger charge is -2.28. The Hall–Kier alpha value is -0.120. The number of unbranched alkanes of at least 4 members (excludes halogenated alkanes) is 3. The summed E-state index contributed by atoms with van der Waals surface area (Å²) >= 11 is 0. The van der Waals surface area contributed by atoms with Crippen LogP contribution >= 0.6 is 0 Å². The highest BCUT2D eigenvalue weighted by Crippen LogP contribution is 2.31. The van der Waals surface area contributed by atoms with Gasteiger partial charge < -0.3 is 15.2 Å². The molecule has 0 heterocycles. The van der Waals surface area contributed by atoms with Crippen molar-refractivity contribution in [1.82, 2.24) is 5.32 Å². The molecule has 0 bridgehead atoms. The molecule has 108 valence electrons. The molecule has 0 amide bonds. The van der Waals surface area contributed by atoms with Gasteiger partial charge in [-0.3, -0.25) is 0 Å². The van der Waals surface area contributed by atoms with E-state index in [1.54, 1.807) is 0 Å². The zero-order chi connectivity index (χ0) is 13.3. The standard InChI is InChI=1S/C15H31NO2/c1-3-5-6-7-11-18-14-8-9-15(12-14,13-17)16-10-4-2/h14,16-17H,3-13H2,1-2H3. The first-order chi connectivity index (χ1) is 8.76. The minimum atomic E-state index is -0.0654. The van der Waals surface area contributed by atoms with Crippen LogP contribution < -0.4 is 5.32 Å². The first-order valence-corrected chi connectivity index (χ1v) is 7.74. The second-order valence-electron chi connectivity index (χ2n) is 5.66. The highest BCUT2D eigenvalue weighted by Gasteiger charge is 2.38. The zero-order valence-electron chi connectivity index (χ0n) is 12.2. The summed E-state index contributed by atoms with van der Waals surface area (Å²) in [4.78, 5) is 0. The molecule has 1 rings (SSSR count). The van der Waals surface area contributed by atoms with E-state index in [2.05, 4.69) is 19.2 Å². The van der Waals surface area contributed by atoms with E-state index in [1.165, 1.54) is 25.7 Å². The maximum absolute atomic E-state index is 9.58. The van der Waals surface area contributed by atoms with Gasteiger partial charge in [0.15, 0.2) is 0 Å². The van der Waals surface area contributed by atoms with E-state index in [4.69, 9.17) is 4.74 Å². The van der Waals surface area contributed by atoms with Gasteiger partial charge in [-0.05, 0) is 38.6 Å². The van der Waals surface area contributed by atoms with Gasteiger partial charge in [0, 0.05) is 12.1 Å². The summed E-state index contributed by atoms with van der Waals surface area (Å²) in [5.74, 6) is 0. The number of hydrogen-bond donors (Lipinski definition) is 2. The average molecular weight is 257 g/mol. The molecule has 18 heavy (non-hydrogen) atoms. The quantitative estimate of drug-likeness (QED) is 0.591. The third-order valence-corrected chi connectivity index (χ3v) is 3.97. The molecule has 0 spiro atoms. The molecule has 1 aliphatic rings. The van der Waals surface area contributed by atoms with Crippen LogP contribution in [-0.4, -0.2) is 36.5 Å². The van der Waals surface area contributed by atoms with Crippen LogP contribution in [0.3, 0.4) is 0 Å². The summed E-state index contributed by atoms with van der Waals surface area (Å²) in [6, 6.07) is 0. The maximum Gasteiger partial charge on any atom is 0.0614 e. The smallest absolute Gasteiger partial charge is 0.0614 e. The van der Waals surface area contributed by atoms with E-state index in [0.29, 0.717) is 6.10 Å². The molecule has 3 heteroatoms. The van der Waals surface area contributed by atoms with Gasteiger partial charge in [0.05, 0.1) is 12.7 Å². The molecule has 2 atom stereocenters. The van der Waals surface area contributed by atoms with E-state index in [0.717, 1.165) is 38.8 Å². The number of hydrogen-bond acceptors (Lipinski definition) is 3. The third-order valence-electron chi connectivity index (χ3n) is 3.97. The monoisotopic (exact) mass is 257 g/mol. The molecule has 0 aliphatic heterocycles. The van der Waals surface area contributed by atoms with E-state index in [-0.39, 0.29) is 12.1 Å². The van der Waals surface area contributed by atoms with Crippen molar-refractivity contribution in [2.75, 3.05) is 19.8 Å². The van der Waals surface area contributed by atoms with Crippen molar-refractivity contribution in [3.8, 4) is 0 Å². The maximum atomic E-state index is 9.58. The van der Waals surface area contributed by atoms with Gasteiger partial charge in [0.1, 0.15) is 0 Å². The molecular formula is C15H31NO2. The van der Waals surface area contributed by atoms with Crippen LogP contribution in [0.4, 0.5) is 0 Å². The van der Waals surface area contributed by atoms with Crippen LogP contribution in [0, 0.1) is 0 Å². The van der Waals surface area contributed by atoms with Crippen molar-refractivity contribution in [2.45, 2.75) is 76.9 Å². The molecule has 1 saturated carbocycles. The van der Waals surface area contributed by atoms with Crippen LogP contribution in [0.1, 0.15) is 65.2 Å². The van der Waals surface area contributed by atoms with Gasteiger partial charge in [-0.1, -0.05) is 33.1 Å². The van der Waals surface area contributed by atoms with Gasteiger partial charge in [0.2, 0.25) is 0 Å². The van der Waals surface area contributed by atoms with Crippen LogP contribution in [0.25, 0.3) is 0 Å². The summed E-state index contributed by atoms with van der Waals surface area (Å²) in [5.41, 5.74) is -0.0654. The number of ether oxygens (including phenoxy) is 1. The molecule has 0 radical (unpaired) electrons. The highest BCUT2D eigenvalue weighted by molar-refractivity contribution is 4.96. The molecule has 3 nitrogen and oxygen atoms in total. The first kappa shape index (κ1) is 15.9. The topological polar surface area (TPSA) is 41.5 Å². The Morgan fingerprint density at radius 3 is 2.72 bits per heavy atom. The predicted molar refractivity (Wildman–Crippen MR) is 75.8 cm³/mol. The van der Waals surface area contributed by atoms with Gasteiger partial charge in [0.25, 0.3) is 0 Å². The molecule has 0 saturated heterocycles. The molecule has 0 aromatic heterocycles. The fraction of sp³-hybridized carbons (Fsp3) is 1.00. The molecular weight excluding hydrogens is 226 g/mol. The van der Waals surface area contributed by atoms with Gasteiger partial charge in [-0.15, -0.1) is 0 Å². The van der Waals surface area contributed by atoms with E-state index >= 15 is 0 Å². The van der Waals surface area contributed by atoms with Gasteiger partial charge in [-0.25, -0.2) is 0 Å². The minimum absolute atomic E-state index is 0.0654. The van der Waals surface area contributed by atoms with Crippen LogP contribution in [0.5, 0.6) is 0 Å². The third kappa shape index (κ3) is 5.25. The van der Waals surface area contributed by atoms with Crippen molar-refractivity contribution in [1.29, 1.82) is 0 Å². The summed E-state index contributed by atoms with van der Waals surface area (Å²) in [5, 5.41) is 13.1. The van der Waals surface area contributed by atoms with Crippen LogP contribution in [-0.2, 0) is 4.74 Å². The Kier molecular flexibility index (Phi) is 7.87. The van der Waals surface area contributed by atoms with Gasteiger partial charge >= 0.3 is 0 Å². The lowest BCUT2D eigenvalue weighted by molar-refractivity contribution is 0.0445. The Morgan fingerprint density at radius 2 is 2.06 bits per heavy atom. The van der Waals surface area contributed by atoms with Crippen molar-refractivity contribution in [2.24, 2.45) is 0 Å². The Balaban J connectivity index is 2.18. The van der Waals surface area contributed by atoms with Crippen molar-refractivity contribution in [3.05, 3.63) is 0 Å². The van der Waals surface area contributed by atoms with Crippen molar-refractivity contribution in [3.63, 3.8) is 0 Å². The normalized spacial score (nSPS) is 27.8. The Bertz CT molecular complexity index is 211. The summed E-state index contributed by atoms with van der Waals surface area (Å²) in [7, 11) is 0. The second kappa shape index (κ2) is 8.89. The Morgan fingerprint density at radius 1 is 1.22 bits per heavy atom. The van der Waals surface area contributed by atoms with Crippen molar-refractivity contribution < 1.29 is 9.84 Å². The van der Waals surface area contributed by atoms with Crippen LogP contribution in [0.2, 0.25) is 0 Å². The number of aliphatic hydroxyl groups excluding tert-OH is 1. The van der Waals surface area contributed by atoms with E-state index in [1.807, 2.05) is 0 Å². The SMILES string of the molecule is CCCCCCOC1CCC(CO)(NCCC)C1. The predicted octanol–water partition coefficient (Wildman–Crippen LogP) is 2.87. The zero-order valence-corrected chi connectivity index (χ0v) is 12.2. The first-order valence-electron chi connectivity index (χ1n) is 7.74. The molecule has 2 N–H and O–H groups in total. The molecule has 1 fully saturated rings. The molecule has 0 aromatic rings. The number of rotatable bonds is 10. The van der Waals surface area contributed by atoms with Crippen molar-refractivity contribution >= 4 is 0 Å². The number of aliphatic hydroxyl groups is 1. The largest absolute Gasteiger partial charge is 0.394 e. The van der Waals surface area contributed by atoms with E-state index < -0.39 is 0 Å². The number of nitrogens with one attached hydrogen (secondary N) is 1. The lowest BCUT2D eigenvalue weighted by Crippen LogP contribution is -2.47. The lowest BCUT2D eigenvalue weighted by atomic mass is 9.98. The van der Waals surface area contributed by atoms with E-state index in [9.17, 15) is 5.11 Å². The molecule has 1 aliphatic carbocycles. The summed E-state index contributed by atoms with van der Waals surface area (Å²) in [6.07, 6.45) is 9.62. The Labute approximate surface area is 112 Å². The second-order valence-corrected chi connectivity index (χ2v) is 5.66. The minimum Gasteiger partial charge on any atom is -0.394 e. The highest BCUT2D eigenvalue weighted by atomic mass is 16.5. The average Bonchev–Trinajstić information content (AvgIpc) is 2.80. The fourth-order valence-corrected chi connectivity index (χ4v) is 2.75. The van der Waals surface area contributed by atoms with Crippen LogP contribution in [0.15, 0.2) is 0 Å². The summed E-state index contributed by atoms with van der Waals surface area (Å²) < 4.78 is 5.94. The fourth-order valence-electron chi connectivity index (χ4n) is 2.75.